The zero-order valence-corrected chi connectivity index (χ0v) is 15.2. The normalized spacial score (nSPS) is 22.2. The summed E-state index contributed by atoms with van der Waals surface area (Å²) in [6.45, 7) is 5.09. The average molecular weight is 352 g/mol. The smallest absolute Gasteiger partial charge is 0.257 e. The van der Waals surface area contributed by atoms with Crippen LogP contribution in [0, 0.1) is 13.8 Å². The summed E-state index contributed by atoms with van der Waals surface area (Å²) in [5.74, 6) is 0.324. The first-order valence-electron chi connectivity index (χ1n) is 9.13. The zero-order chi connectivity index (χ0) is 18.3. The maximum absolute atomic E-state index is 13.2. The number of carbonyl (C=O) groups excluding carboxylic acids is 1. The molecule has 5 nitrogen and oxygen atoms in total. The minimum Gasteiger partial charge on any atom is -0.507 e. The Labute approximate surface area is 153 Å². The van der Waals surface area contributed by atoms with Gasteiger partial charge in [-0.3, -0.25) is 4.79 Å². The molecule has 0 saturated carbocycles. The number of hydrogen-bond donors (Lipinski definition) is 2. The van der Waals surface area contributed by atoms with Crippen molar-refractivity contribution < 1.29 is 14.6 Å². The molecule has 0 spiro atoms. The number of fused-ring (bicyclic) bond motifs is 1. The van der Waals surface area contributed by atoms with Gasteiger partial charge < -0.3 is 20.1 Å². The number of anilines is 1. The number of carbonyl (C=O) groups is 1. The molecular weight excluding hydrogens is 328 g/mol. The molecule has 2 unspecified atom stereocenters. The fourth-order valence-electron chi connectivity index (χ4n) is 3.90. The van der Waals surface area contributed by atoms with Crippen LogP contribution in [-0.4, -0.2) is 35.2 Å². The number of phenolic OH excluding ortho intramolecular Hbond substituents is 1. The number of rotatable bonds is 3. The highest BCUT2D eigenvalue weighted by atomic mass is 16.5. The van der Waals surface area contributed by atoms with Crippen molar-refractivity contribution in [2.24, 2.45) is 0 Å². The second-order valence-electron chi connectivity index (χ2n) is 7.19. The summed E-state index contributed by atoms with van der Waals surface area (Å²) in [5.41, 5.74) is 4.12. The molecule has 5 heteroatoms. The van der Waals surface area contributed by atoms with E-state index in [9.17, 15) is 9.90 Å². The Kier molecular flexibility index (Phi) is 4.32. The topological polar surface area (TPSA) is 61.8 Å². The van der Waals surface area contributed by atoms with Crippen LogP contribution in [0.3, 0.4) is 0 Å². The van der Waals surface area contributed by atoms with Gasteiger partial charge in [0.15, 0.2) is 0 Å². The van der Waals surface area contributed by atoms with E-state index in [1.807, 2.05) is 55.1 Å². The van der Waals surface area contributed by atoms with Crippen LogP contribution in [0.25, 0.3) is 0 Å². The summed E-state index contributed by atoms with van der Waals surface area (Å²) in [4.78, 5) is 15.1. The van der Waals surface area contributed by atoms with Gasteiger partial charge in [0.2, 0.25) is 0 Å². The maximum Gasteiger partial charge on any atom is 0.257 e. The first-order chi connectivity index (χ1) is 12.5. The van der Waals surface area contributed by atoms with Crippen molar-refractivity contribution in [3.05, 3.63) is 58.7 Å². The van der Waals surface area contributed by atoms with Gasteiger partial charge in [-0.25, -0.2) is 0 Å². The first-order valence-corrected chi connectivity index (χ1v) is 9.13. The van der Waals surface area contributed by atoms with Gasteiger partial charge in [-0.1, -0.05) is 12.1 Å². The SMILES string of the molecule is Cc1cc(C2Nc3ccccc3C(=O)N2CC2CCCO2)cc(C)c1O. The molecule has 0 aliphatic carbocycles. The molecule has 2 aromatic rings. The van der Waals surface area contributed by atoms with E-state index in [0.717, 1.165) is 41.8 Å². The quantitative estimate of drug-likeness (QED) is 0.883. The van der Waals surface area contributed by atoms with Gasteiger partial charge in [-0.15, -0.1) is 0 Å². The third-order valence-corrected chi connectivity index (χ3v) is 5.28. The highest BCUT2D eigenvalue weighted by molar-refractivity contribution is 6.01. The number of para-hydroxylation sites is 1. The van der Waals surface area contributed by atoms with E-state index < -0.39 is 0 Å². The highest BCUT2D eigenvalue weighted by Gasteiger charge is 2.35. The van der Waals surface area contributed by atoms with Crippen LogP contribution >= 0.6 is 0 Å². The number of hydrogen-bond acceptors (Lipinski definition) is 4. The summed E-state index contributed by atoms with van der Waals surface area (Å²) in [6, 6.07) is 11.5. The molecule has 2 aliphatic rings. The minimum absolute atomic E-state index is 0.0169. The third-order valence-electron chi connectivity index (χ3n) is 5.28. The molecule has 2 N–H and O–H groups in total. The molecule has 0 aromatic heterocycles. The number of benzene rings is 2. The first kappa shape index (κ1) is 16.9. The highest BCUT2D eigenvalue weighted by Crippen LogP contribution is 2.36. The molecule has 0 bridgehead atoms. The lowest BCUT2D eigenvalue weighted by molar-refractivity contribution is 0.0427. The fraction of sp³-hybridized carbons (Fsp3) is 0.381. The standard InChI is InChI=1S/C21H24N2O3/c1-13-10-15(11-14(2)19(13)24)20-22-18-8-4-3-7-17(18)21(25)23(20)12-16-6-5-9-26-16/h3-4,7-8,10-11,16,20,22,24H,5-6,9,12H2,1-2H3. The molecule has 0 radical (unpaired) electrons. The Hall–Kier alpha value is -2.53. The van der Waals surface area contributed by atoms with Gasteiger partial charge in [0, 0.05) is 18.8 Å². The lowest BCUT2D eigenvalue weighted by atomic mass is 9.99. The molecule has 2 aromatic carbocycles. The van der Waals surface area contributed by atoms with Crippen molar-refractivity contribution in [3.8, 4) is 5.75 Å². The van der Waals surface area contributed by atoms with Crippen molar-refractivity contribution in [1.82, 2.24) is 4.90 Å². The molecule has 1 fully saturated rings. The second kappa shape index (κ2) is 6.65. The average Bonchev–Trinajstić information content (AvgIpc) is 3.15. The van der Waals surface area contributed by atoms with E-state index in [-0.39, 0.29) is 18.2 Å². The van der Waals surface area contributed by atoms with E-state index in [2.05, 4.69) is 5.32 Å². The number of aryl methyl sites for hydroxylation is 2. The molecule has 1 amide bonds. The number of ether oxygens (including phenoxy) is 1. The van der Waals surface area contributed by atoms with Crippen LogP contribution in [-0.2, 0) is 4.74 Å². The van der Waals surface area contributed by atoms with E-state index >= 15 is 0 Å². The maximum atomic E-state index is 13.2. The van der Waals surface area contributed by atoms with Crippen molar-refractivity contribution in [3.63, 3.8) is 0 Å². The molecule has 4 rings (SSSR count). The summed E-state index contributed by atoms with van der Waals surface area (Å²) >= 11 is 0. The Bertz CT molecular complexity index is 820. The molecule has 2 heterocycles. The lowest BCUT2D eigenvalue weighted by Crippen LogP contribution is -2.46. The van der Waals surface area contributed by atoms with Crippen LogP contribution in [0.1, 0.15) is 46.1 Å². The lowest BCUT2D eigenvalue weighted by Gasteiger charge is -2.39. The number of phenols is 1. The van der Waals surface area contributed by atoms with Crippen LogP contribution in [0.4, 0.5) is 5.69 Å². The Morgan fingerprint density at radius 1 is 1.23 bits per heavy atom. The van der Waals surface area contributed by atoms with Crippen LogP contribution in [0.15, 0.2) is 36.4 Å². The zero-order valence-electron chi connectivity index (χ0n) is 15.2. The summed E-state index contributed by atoms with van der Waals surface area (Å²) in [5, 5.41) is 13.6. The van der Waals surface area contributed by atoms with Gasteiger partial charge in [-0.2, -0.15) is 0 Å². The molecule has 1 saturated heterocycles. The number of nitrogens with one attached hydrogen (secondary N) is 1. The second-order valence-corrected chi connectivity index (χ2v) is 7.19. The molecule has 26 heavy (non-hydrogen) atoms. The van der Waals surface area contributed by atoms with E-state index in [4.69, 9.17) is 4.74 Å². The molecule has 136 valence electrons. The van der Waals surface area contributed by atoms with Crippen LogP contribution in [0.5, 0.6) is 5.75 Å². The largest absolute Gasteiger partial charge is 0.507 e. The van der Waals surface area contributed by atoms with Gasteiger partial charge >= 0.3 is 0 Å². The minimum atomic E-state index is -0.278. The van der Waals surface area contributed by atoms with E-state index in [1.54, 1.807) is 0 Å². The molecule has 2 aliphatic heterocycles. The molecule has 2 atom stereocenters. The van der Waals surface area contributed by atoms with Crippen molar-refractivity contribution in [2.45, 2.75) is 39.0 Å². The summed E-state index contributed by atoms with van der Waals surface area (Å²) in [6.07, 6.45) is 1.82. The Morgan fingerprint density at radius 2 is 1.96 bits per heavy atom. The van der Waals surface area contributed by atoms with Crippen LogP contribution in [0.2, 0.25) is 0 Å². The predicted molar refractivity (Wildman–Crippen MR) is 100 cm³/mol. The van der Waals surface area contributed by atoms with Crippen molar-refractivity contribution >= 4 is 11.6 Å². The Morgan fingerprint density at radius 3 is 2.65 bits per heavy atom. The molecular formula is C21H24N2O3. The number of aromatic hydroxyl groups is 1. The van der Waals surface area contributed by atoms with Gasteiger partial charge in [0.1, 0.15) is 11.9 Å². The van der Waals surface area contributed by atoms with Gasteiger partial charge in [0.25, 0.3) is 5.91 Å². The fourth-order valence-corrected chi connectivity index (χ4v) is 3.90. The van der Waals surface area contributed by atoms with E-state index in [1.165, 1.54) is 0 Å². The van der Waals surface area contributed by atoms with Crippen LogP contribution < -0.4 is 5.32 Å². The van der Waals surface area contributed by atoms with Gasteiger partial charge in [-0.05, 0) is 67.6 Å². The number of amides is 1. The van der Waals surface area contributed by atoms with Gasteiger partial charge in [0.05, 0.1) is 11.7 Å². The Balaban J connectivity index is 1.75. The monoisotopic (exact) mass is 352 g/mol. The van der Waals surface area contributed by atoms with E-state index in [0.29, 0.717) is 17.9 Å². The van der Waals surface area contributed by atoms with Crippen molar-refractivity contribution in [1.29, 1.82) is 0 Å². The third kappa shape index (κ3) is 2.92. The predicted octanol–water partition coefficient (Wildman–Crippen LogP) is 3.75. The number of nitrogens with zero attached hydrogens (tertiary/aromatic N) is 1. The van der Waals surface area contributed by atoms with Crippen molar-refractivity contribution in [2.75, 3.05) is 18.5 Å². The summed E-state index contributed by atoms with van der Waals surface area (Å²) in [7, 11) is 0. The summed E-state index contributed by atoms with van der Waals surface area (Å²) < 4.78 is 5.78.